The summed E-state index contributed by atoms with van der Waals surface area (Å²) in [5, 5.41) is 2.78. The van der Waals surface area contributed by atoms with Gasteiger partial charge in [0.25, 0.3) is 0 Å². The fourth-order valence-electron chi connectivity index (χ4n) is 3.35. The topological polar surface area (TPSA) is 4.93 Å². The lowest BCUT2D eigenvalue weighted by atomic mass is 10.2. The normalized spacial score (nSPS) is 11.8. The molecule has 22 heavy (non-hydrogen) atoms. The second-order valence-corrected chi connectivity index (χ2v) is 9.47. The van der Waals surface area contributed by atoms with E-state index in [1.165, 1.54) is 53.5 Å². The molecule has 1 aromatic heterocycles. The first kappa shape index (κ1) is 15.4. The van der Waals surface area contributed by atoms with Crippen LogP contribution in [-0.4, -0.2) is 13.4 Å². The number of aryl methyl sites for hydroxylation is 1. The maximum Gasteiger partial charge on any atom is 0.0491 e. The Morgan fingerprint density at radius 3 is 1.86 bits per heavy atom. The third kappa shape index (κ3) is 3.27. The van der Waals surface area contributed by atoms with Crippen LogP contribution in [0.3, 0.4) is 0 Å². The molecule has 115 valence electrons. The predicted molar refractivity (Wildman–Crippen MR) is 100 cm³/mol. The summed E-state index contributed by atoms with van der Waals surface area (Å²) in [6.45, 7) is 5.98. The summed E-state index contributed by atoms with van der Waals surface area (Å²) in [6.07, 6.45) is 5.47. The average molecular weight is 309 g/mol. The largest absolute Gasteiger partial charge is 0.340 e. The lowest BCUT2D eigenvalue weighted by molar-refractivity contribution is 0.601. The molecule has 1 heterocycles. The molecule has 0 saturated heterocycles. The highest BCUT2D eigenvalue weighted by Crippen LogP contribution is 2.29. The summed E-state index contributed by atoms with van der Waals surface area (Å²) >= 11 is 0. The van der Waals surface area contributed by atoms with Gasteiger partial charge in [0, 0.05) is 37.1 Å². The Balaban J connectivity index is 1.72. The highest BCUT2D eigenvalue weighted by Gasteiger charge is 2.08. The van der Waals surface area contributed by atoms with Gasteiger partial charge in [-0.15, -0.1) is 0 Å². The van der Waals surface area contributed by atoms with Gasteiger partial charge in [0.2, 0.25) is 0 Å². The quantitative estimate of drug-likeness (QED) is 0.366. The van der Waals surface area contributed by atoms with E-state index >= 15 is 0 Å². The second-order valence-electron chi connectivity index (χ2n) is 6.56. The molecule has 0 amide bonds. The van der Waals surface area contributed by atoms with Gasteiger partial charge in [-0.3, -0.25) is 0 Å². The van der Waals surface area contributed by atoms with Crippen molar-refractivity contribution in [2.45, 2.75) is 51.4 Å². The van der Waals surface area contributed by atoms with Crippen molar-refractivity contribution in [1.82, 2.24) is 4.57 Å². The summed E-state index contributed by atoms with van der Waals surface area (Å²) in [5.41, 5.74) is 2.77. The van der Waals surface area contributed by atoms with Crippen molar-refractivity contribution in [3.63, 3.8) is 0 Å². The van der Waals surface area contributed by atoms with Crippen molar-refractivity contribution < 1.29 is 0 Å². The molecule has 0 aliphatic heterocycles. The fourth-order valence-corrected chi connectivity index (χ4v) is 4.30. The Hall–Kier alpha value is -1.54. The number of hydrogen-bond acceptors (Lipinski definition) is 0. The van der Waals surface area contributed by atoms with Crippen LogP contribution in [0.5, 0.6) is 0 Å². The van der Waals surface area contributed by atoms with E-state index in [1.807, 2.05) is 0 Å². The van der Waals surface area contributed by atoms with Crippen LogP contribution >= 0.6 is 0 Å². The monoisotopic (exact) mass is 308 g/mol. The van der Waals surface area contributed by atoms with Gasteiger partial charge in [0.05, 0.1) is 0 Å². The lowest BCUT2D eigenvalue weighted by Gasteiger charge is -2.08. The standard InChI is InChI=1S/C20H26NSi/c1-22(2)16-10-4-3-9-15-21-19-13-7-5-11-17(19)18-12-6-8-14-20(18)21/h5-8,11-14H,3-4,9-10,15-16H2,1-2H3. The van der Waals surface area contributed by atoms with Gasteiger partial charge >= 0.3 is 0 Å². The molecule has 3 rings (SSSR count). The van der Waals surface area contributed by atoms with Gasteiger partial charge in [-0.25, -0.2) is 0 Å². The van der Waals surface area contributed by atoms with Crippen molar-refractivity contribution >= 4 is 30.6 Å². The molecule has 0 saturated carbocycles. The van der Waals surface area contributed by atoms with Crippen molar-refractivity contribution in [2.24, 2.45) is 0 Å². The van der Waals surface area contributed by atoms with Crippen LogP contribution in [0.2, 0.25) is 19.1 Å². The van der Waals surface area contributed by atoms with Crippen LogP contribution in [-0.2, 0) is 6.54 Å². The second kappa shape index (κ2) is 7.15. The zero-order chi connectivity index (χ0) is 15.4. The molecule has 3 aromatic rings. The number of unbranched alkanes of at least 4 members (excludes halogenated alkanes) is 3. The third-order valence-electron chi connectivity index (χ3n) is 4.49. The zero-order valence-electron chi connectivity index (χ0n) is 13.8. The Labute approximate surface area is 135 Å². The zero-order valence-corrected chi connectivity index (χ0v) is 14.8. The van der Waals surface area contributed by atoms with Gasteiger partial charge < -0.3 is 4.57 Å². The predicted octanol–water partition coefficient (Wildman–Crippen LogP) is 6.11. The van der Waals surface area contributed by atoms with Crippen molar-refractivity contribution in [1.29, 1.82) is 0 Å². The first-order valence-corrected chi connectivity index (χ1v) is 11.2. The van der Waals surface area contributed by atoms with Crippen molar-refractivity contribution in [3.8, 4) is 0 Å². The van der Waals surface area contributed by atoms with E-state index < -0.39 is 0 Å². The summed E-state index contributed by atoms with van der Waals surface area (Å²) < 4.78 is 2.51. The number of aromatic nitrogens is 1. The van der Waals surface area contributed by atoms with E-state index in [2.05, 4.69) is 66.2 Å². The van der Waals surface area contributed by atoms with Crippen LogP contribution in [0.25, 0.3) is 21.8 Å². The van der Waals surface area contributed by atoms with E-state index in [0.29, 0.717) is 0 Å². The molecule has 0 aliphatic carbocycles. The number of fused-ring (bicyclic) bond motifs is 3. The fraction of sp³-hybridized carbons (Fsp3) is 0.400. The number of benzene rings is 2. The minimum Gasteiger partial charge on any atom is -0.340 e. The van der Waals surface area contributed by atoms with Crippen molar-refractivity contribution in [3.05, 3.63) is 48.5 Å². The molecule has 0 atom stereocenters. The van der Waals surface area contributed by atoms with Crippen LogP contribution in [0.4, 0.5) is 0 Å². The summed E-state index contributed by atoms with van der Waals surface area (Å²) in [5.74, 6) is 0. The van der Waals surface area contributed by atoms with E-state index in [9.17, 15) is 0 Å². The highest BCUT2D eigenvalue weighted by atomic mass is 28.3. The van der Waals surface area contributed by atoms with E-state index in [4.69, 9.17) is 0 Å². The molecule has 2 heteroatoms. The third-order valence-corrected chi connectivity index (χ3v) is 5.84. The highest BCUT2D eigenvalue weighted by molar-refractivity contribution is 6.55. The van der Waals surface area contributed by atoms with Gasteiger partial charge in [0.15, 0.2) is 0 Å². The number of hydrogen-bond donors (Lipinski definition) is 0. The summed E-state index contributed by atoms with van der Waals surface area (Å²) in [7, 11) is -0.0267. The van der Waals surface area contributed by atoms with Gasteiger partial charge in [-0.2, -0.15) is 0 Å². The minimum absolute atomic E-state index is 0.0267. The first-order chi connectivity index (χ1) is 10.8. The van der Waals surface area contributed by atoms with E-state index in [0.717, 1.165) is 6.54 Å². The Bertz CT molecular complexity index is 688. The van der Waals surface area contributed by atoms with Crippen LogP contribution in [0, 0.1) is 0 Å². The number of nitrogens with zero attached hydrogens (tertiary/aromatic N) is 1. The first-order valence-electron chi connectivity index (χ1n) is 8.52. The molecule has 0 fully saturated rings. The Morgan fingerprint density at radius 1 is 0.727 bits per heavy atom. The van der Waals surface area contributed by atoms with Gasteiger partial charge in [0.1, 0.15) is 0 Å². The lowest BCUT2D eigenvalue weighted by Crippen LogP contribution is -1.99. The van der Waals surface area contributed by atoms with Crippen LogP contribution in [0.1, 0.15) is 25.7 Å². The summed E-state index contributed by atoms with van der Waals surface area (Å²) in [4.78, 5) is 0. The van der Waals surface area contributed by atoms with E-state index in [1.54, 1.807) is 0 Å². The maximum absolute atomic E-state index is 2.51. The molecule has 2 aromatic carbocycles. The molecule has 0 spiro atoms. The molecular formula is C20H26NSi. The molecule has 1 radical (unpaired) electrons. The summed E-state index contributed by atoms with van der Waals surface area (Å²) in [6, 6.07) is 19.1. The Morgan fingerprint density at radius 2 is 1.27 bits per heavy atom. The molecule has 0 bridgehead atoms. The number of para-hydroxylation sites is 2. The maximum atomic E-state index is 2.51. The Kier molecular flexibility index (Phi) is 4.99. The molecule has 0 aliphatic rings. The van der Waals surface area contributed by atoms with Crippen LogP contribution < -0.4 is 0 Å². The molecule has 0 N–H and O–H groups in total. The average Bonchev–Trinajstić information content (AvgIpc) is 2.85. The molecular weight excluding hydrogens is 282 g/mol. The van der Waals surface area contributed by atoms with Crippen LogP contribution in [0.15, 0.2) is 48.5 Å². The smallest absolute Gasteiger partial charge is 0.0491 e. The van der Waals surface area contributed by atoms with Gasteiger partial charge in [-0.05, 0) is 18.6 Å². The molecule has 0 unspecified atom stereocenters. The number of rotatable bonds is 7. The van der Waals surface area contributed by atoms with Crippen molar-refractivity contribution in [2.75, 3.05) is 0 Å². The van der Waals surface area contributed by atoms with Gasteiger partial charge in [-0.1, -0.05) is 74.8 Å². The SMILES string of the molecule is C[Si](C)CCCCCCn1c2ccccc2c2ccccc21. The van der Waals surface area contributed by atoms with E-state index in [-0.39, 0.29) is 8.80 Å². The molecule has 1 nitrogen and oxygen atoms in total. The minimum atomic E-state index is -0.0267.